The minimum atomic E-state index is -0.115. The Balaban J connectivity index is 1.42. The van der Waals surface area contributed by atoms with Gasteiger partial charge in [0.15, 0.2) is 0 Å². The molecule has 4 rings (SSSR count). The standard InChI is InChI=1S/C22H22ClN5O/c1-16-24-20(17-6-3-2-4-7-17)15-21(25-16)27-10-12-28(13-11-27)22(29)26-19-9-5-8-18(23)14-19/h2-9,14-15H,10-13H2,1H3,(H,26,29). The SMILES string of the molecule is Cc1nc(-c2ccccc2)cc(N2CCN(C(=O)Nc3cccc(Cl)c3)CC2)n1. The van der Waals surface area contributed by atoms with E-state index in [2.05, 4.69) is 20.2 Å². The van der Waals surface area contributed by atoms with Crippen molar-refractivity contribution in [1.29, 1.82) is 0 Å². The van der Waals surface area contributed by atoms with Crippen LogP contribution in [0.25, 0.3) is 11.3 Å². The first-order valence-electron chi connectivity index (χ1n) is 9.56. The smallest absolute Gasteiger partial charge is 0.321 e. The van der Waals surface area contributed by atoms with Gasteiger partial charge in [0, 0.05) is 48.5 Å². The maximum atomic E-state index is 12.5. The lowest BCUT2D eigenvalue weighted by Crippen LogP contribution is -2.50. The minimum Gasteiger partial charge on any atom is -0.353 e. The van der Waals surface area contributed by atoms with Gasteiger partial charge in [-0.15, -0.1) is 0 Å². The number of aromatic nitrogens is 2. The van der Waals surface area contributed by atoms with E-state index < -0.39 is 0 Å². The Labute approximate surface area is 175 Å². The third-order valence-corrected chi connectivity index (χ3v) is 5.10. The highest BCUT2D eigenvalue weighted by atomic mass is 35.5. The molecule has 1 N–H and O–H groups in total. The van der Waals surface area contributed by atoms with Crippen molar-refractivity contribution in [3.8, 4) is 11.3 Å². The van der Waals surface area contributed by atoms with E-state index >= 15 is 0 Å². The second kappa shape index (κ2) is 8.49. The highest BCUT2D eigenvalue weighted by Gasteiger charge is 2.22. The zero-order valence-electron chi connectivity index (χ0n) is 16.2. The van der Waals surface area contributed by atoms with Crippen LogP contribution >= 0.6 is 11.6 Å². The number of nitrogens with one attached hydrogen (secondary N) is 1. The molecule has 7 heteroatoms. The van der Waals surface area contributed by atoms with Crippen LogP contribution in [0.1, 0.15) is 5.82 Å². The molecule has 2 amide bonds. The maximum Gasteiger partial charge on any atom is 0.321 e. The number of urea groups is 1. The largest absolute Gasteiger partial charge is 0.353 e. The second-order valence-corrected chi connectivity index (χ2v) is 7.38. The molecule has 1 aliphatic heterocycles. The molecular weight excluding hydrogens is 386 g/mol. The van der Waals surface area contributed by atoms with Gasteiger partial charge in [0.05, 0.1) is 5.69 Å². The highest BCUT2D eigenvalue weighted by Crippen LogP contribution is 2.23. The summed E-state index contributed by atoms with van der Waals surface area (Å²) in [7, 11) is 0. The zero-order valence-corrected chi connectivity index (χ0v) is 16.9. The first-order chi connectivity index (χ1) is 14.1. The summed E-state index contributed by atoms with van der Waals surface area (Å²) in [6.45, 7) is 4.58. The van der Waals surface area contributed by atoms with Gasteiger partial charge in [-0.1, -0.05) is 48.0 Å². The Morgan fingerprint density at radius 2 is 1.72 bits per heavy atom. The minimum absolute atomic E-state index is 0.115. The monoisotopic (exact) mass is 407 g/mol. The van der Waals surface area contributed by atoms with Gasteiger partial charge in [0.1, 0.15) is 11.6 Å². The molecule has 148 valence electrons. The molecule has 0 saturated carbocycles. The van der Waals surface area contributed by atoms with Crippen LogP contribution in [-0.4, -0.2) is 47.1 Å². The Kier molecular flexibility index (Phi) is 5.62. The van der Waals surface area contributed by atoms with Gasteiger partial charge in [0.2, 0.25) is 0 Å². The van der Waals surface area contributed by atoms with Crippen LogP contribution in [0.5, 0.6) is 0 Å². The van der Waals surface area contributed by atoms with Gasteiger partial charge in [-0.3, -0.25) is 0 Å². The van der Waals surface area contributed by atoms with E-state index in [0.717, 1.165) is 22.9 Å². The van der Waals surface area contributed by atoms with Crippen molar-refractivity contribution in [3.63, 3.8) is 0 Å². The molecule has 1 aliphatic rings. The van der Waals surface area contributed by atoms with Crippen molar-refractivity contribution in [2.75, 3.05) is 36.4 Å². The number of aryl methyl sites for hydroxylation is 1. The van der Waals surface area contributed by atoms with Crippen molar-refractivity contribution in [1.82, 2.24) is 14.9 Å². The fourth-order valence-corrected chi connectivity index (χ4v) is 3.57. The average molecular weight is 408 g/mol. The van der Waals surface area contributed by atoms with Crippen molar-refractivity contribution in [2.24, 2.45) is 0 Å². The van der Waals surface area contributed by atoms with Crippen LogP contribution in [0.3, 0.4) is 0 Å². The van der Waals surface area contributed by atoms with Crippen LogP contribution in [0.4, 0.5) is 16.3 Å². The predicted molar refractivity (Wildman–Crippen MR) is 116 cm³/mol. The summed E-state index contributed by atoms with van der Waals surface area (Å²) in [4.78, 5) is 25.7. The number of hydrogen-bond acceptors (Lipinski definition) is 4. The van der Waals surface area contributed by atoms with Gasteiger partial charge in [0.25, 0.3) is 0 Å². The molecule has 2 heterocycles. The number of benzene rings is 2. The third-order valence-electron chi connectivity index (χ3n) is 4.86. The van der Waals surface area contributed by atoms with Crippen molar-refractivity contribution < 1.29 is 4.79 Å². The molecule has 0 spiro atoms. The Bertz CT molecular complexity index is 1000. The molecule has 6 nitrogen and oxygen atoms in total. The number of piperazine rings is 1. The summed E-state index contributed by atoms with van der Waals surface area (Å²) in [5.41, 5.74) is 2.68. The quantitative estimate of drug-likeness (QED) is 0.696. The number of anilines is 2. The van der Waals surface area contributed by atoms with Crippen LogP contribution < -0.4 is 10.2 Å². The van der Waals surface area contributed by atoms with Gasteiger partial charge in [-0.25, -0.2) is 14.8 Å². The summed E-state index contributed by atoms with van der Waals surface area (Å²) < 4.78 is 0. The Morgan fingerprint density at radius 1 is 0.966 bits per heavy atom. The number of nitrogens with zero attached hydrogens (tertiary/aromatic N) is 4. The van der Waals surface area contributed by atoms with Crippen LogP contribution in [-0.2, 0) is 0 Å². The molecule has 0 unspecified atom stereocenters. The summed E-state index contributed by atoms with van der Waals surface area (Å²) >= 11 is 5.99. The molecule has 2 aromatic carbocycles. The third kappa shape index (κ3) is 4.66. The molecule has 0 radical (unpaired) electrons. The number of amides is 2. The number of carbonyl (C=O) groups is 1. The summed E-state index contributed by atoms with van der Waals surface area (Å²) in [6.07, 6.45) is 0. The van der Waals surface area contributed by atoms with Gasteiger partial charge < -0.3 is 15.1 Å². The number of hydrogen-bond donors (Lipinski definition) is 1. The Hall–Kier alpha value is -3.12. The number of carbonyl (C=O) groups excluding carboxylic acids is 1. The van der Waals surface area contributed by atoms with Crippen LogP contribution in [0, 0.1) is 6.92 Å². The van der Waals surface area contributed by atoms with Gasteiger partial charge in [-0.2, -0.15) is 0 Å². The molecule has 0 atom stereocenters. The van der Waals surface area contributed by atoms with E-state index in [9.17, 15) is 4.79 Å². The Morgan fingerprint density at radius 3 is 2.45 bits per heavy atom. The van der Waals surface area contributed by atoms with Crippen molar-refractivity contribution in [3.05, 3.63) is 71.5 Å². The highest BCUT2D eigenvalue weighted by molar-refractivity contribution is 6.30. The normalized spacial score (nSPS) is 14.0. The molecule has 3 aromatic rings. The lowest BCUT2D eigenvalue weighted by atomic mass is 10.1. The molecule has 0 aliphatic carbocycles. The van der Waals surface area contributed by atoms with Gasteiger partial charge >= 0.3 is 6.03 Å². The lowest BCUT2D eigenvalue weighted by molar-refractivity contribution is 0.208. The zero-order chi connectivity index (χ0) is 20.2. The molecule has 29 heavy (non-hydrogen) atoms. The lowest BCUT2D eigenvalue weighted by Gasteiger charge is -2.35. The van der Waals surface area contributed by atoms with Gasteiger partial charge in [-0.05, 0) is 25.1 Å². The van der Waals surface area contributed by atoms with E-state index in [1.165, 1.54) is 0 Å². The average Bonchev–Trinajstić information content (AvgIpc) is 2.74. The summed E-state index contributed by atoms with van der Waals surface area (Å²) in [5, 5.41) is 3.50. The van der Waals surface area contributed by atoms with E-state index in [1.807, 2.05) is 60.4 Å². The topological polar surface area (TPSA) is 61.4 Å². The molecule has 1 fully saturated rings. The fourth-order valence-electron chi connectivity index (χ4n) is 3.38. The fraction of sp³-hybridized carbons (Fsp3) is 0.227. The summed E-state index contributed by atoms with van der Waals surface area (Å²) in [6, 6.07) is 19.2. The van der Waals surface area contributed by atoms with E-state index in [4.69, 9.17) is 11.6 Å². The van der Waals surface area contributed by atoms with Crippen molar-refractivity contribution in [2.45, 2.75) is 6.92 Å². The number of halogens is 1. The first-order valence-corrected chi connectivity index (χ1v) is 9.94. The molecular formula is C22H22ClN5O. The van der Waals surface area contributed by atoms with Crippen LogP contribution in [0.2, 0.25) is 5.02 Å². The molecule has 1 saturated heterocycles. The maximum absolute atomic E-state index is 12.5. The van der Waals surface area contributed by atoms with E-state index in [-0.39, 0.29) is 6.03 Å². The first kappa shape index (κ1) is 19.2. The van der Waals surface area contributed by atoms with Crippen LogP contribution in [0.15, 0.2) is 60.7 Å². The van der Waals surface area contributed by atoms with E-state index in [0.29, 0.717) is 36.9 Å². The van der Waals surface area contributed by atoms with E-state index in [1.54, 1.807) is 12.1 Å². The van der Waals surface area contributed by atoms with Crippen molar-refractivity contribution >= 4 is 29.1 Å². The molecule has 1 aromatic heterocycles. The summed E-state index contributed by atoms with van der Waals surface area (Å²) in [5.74, 6) is 1.63. The number of rotatable bonds is 3. The predicted octanol–water partition coefficient (Wildman–Crippen LogP) is 4.46. The second-order valence-electron chi connectivity index (χ2n) is 6.94. The molecule has 0 bridgehead atoms.